The second-order valence-electron chi connectivity index (χ2n) is 18.2. The summed E-state index contributed by atoms with van der Waals surface area (Å²) < 4.78 is 18.1. The maximum absolute atomic E-state index is 14.4. The first kappa shape index (κ1) is 54.3. The van der Waals surface area contributed by atoms with E-state index in [9.17, 15) is 24.0 Å². The van der Waals surface area contributed by atoms with Gasteiger partial charge in [-0.2, -0.15) is 0 Å². The van der Waals surface area contributed by atoms with E-state index < -0.39 is 60.5 Å². The minimum Gasteiger partial charge on any atom is -0.439 e. The second kappa shape index (κ2) is 26.1. The molecule has 354 valence electrons. The third kappa shape index (κ3) is 15.2. The van der Waals surface area contributed by atoms with Crippen LogP contribution in [-0.2, 0) is 33.4 Å². The SMILES string of the molecule is CC[C@H](C)[C@@H](C(CC(=O)N1CCC[C@H]1[C@H](OC)[C@@H](C)C(=O)N[C@H](C)[C@@H](OC(=O)N(C)CCCN(C)N)c1ccccc1)OC)N(C)C(=O)[C@@H](NC(=O)[C@H](C(C)C)N(C)C)C(C)C. The minimum atomic E-state index is -0.778. The van der Waals surface area contributed by atoms with Gasteiger partial charge in [0.05, 0.1) is 48.7 Å². The quantitative estimate of drug-likeness (QED) is 0.0950. The van der Waals surface area contributed by atoms with Crippen molar-refractivity contribution in [2.45, 2.75) is 136 Å². The summed E-state index contributed by atoms with van der Waals surface area (Å²) in [4.78, 5) is 76.3. The lowest BCUT2D eigenvalue weighted by molar-refractivity contribution is -0.148. The van der Waals surface area contributed by atoms with Crippen LogP contribution in [0.5, 0.6) is 0 Å². The molecule has 1 unspecified atom stereocenters. The number of methoxy groups -OCH3 is 2. The third-order valence-corrected chi connectivity index (χ3v) is 12.4. The molecular formula is C46H82N8O8. The summed E-state index contributed by atoms with van der Waals surface area (Å²) >= 11 is 0. The van der Waals surface area contributed by atoms with E-state index in [-0.39, 0.29) is 47.8 Å². The molecule has 1 aliphatic heterocycles. The normalized spacial score (nSPS) is 18.7. The van der Waals surface area contributed by atoms with Crippen molar-refractivity contribution in [3.05, 3.63) is 35.9 Å². The summed E-state index contributed by atoms with van der Waals surface area (Å²) in [5.41, 5.74) is 0.733. The Morgan fingerprint density at radius 3 is 2.00 bits per heavy atom. The summed E-state index contributed by atoms with van der Waals surface area (Å²) in [7, 11) is 12.0. The highest BCUT2D eigenvalue weighted by molar-refractivity contribution is 5.90. The second-order valence-corrected chi connectivity index (χ2v) is 18.2. The van der Waals surface area contributed by atoms with Gasteiger partial charge in [0.2, 0.25) is 23.6 Å². The van der Waals surface area contributed by atoms with E-state index in [4.69, 9.17) is 20.1 Å². The van der Waals surface area contributed by atoms with Crippen LogP contribution < -0.4 is 16.5 Å². The van der Waals surface area contributed by atoms with E-state index in [0.29, 0.717) is 32.5 Å². The topological polar surface area (TPSA) is 179 Å². The first-order valence-corrected chi connectivity index (χ1v) is 22.4. The molecule has 1 aromatic carbocycles. The highest BCUT2D eigenvalue weighted by Gasteiger charge is 2.43. The van der Waals surface area contributed by atoms with E-state index in [1.165, 1.54) is 4.90 Å². The van der Waals surface area contributed by atoms with Gasteiger partial charge < -0.3 is 39.5 Å². The van der Waals surface area contributed by atoms with E-state index in [2.05, 4.69) is 10.6 Å². The molecule has 16 heteroatoms. The first-order valence-electron chi connectivity index (χ1n) is 22.4. The Labute approximate surface area is 372 Å². The van der Waals surface area contributed by atoms with Gasteiger partial charge in [0.25, 0.3) is 0 Å². The fraction of sp³-hybridized carbons (Fsp3) is 0.761. The molecule has 10 atom stereocenters. The van der Waals surface area contributed by atoms with Crippen LogP contribution in [0.1, 0.15) is 99.2 Å². The Morgan fingerprint density at radius 2 is 1.48 bits per heavy atom. The zero-order valence-electron chi connectivity index (χ0n) is 40.6. The number of likely N-dealkylation sites (N-methyl/N-ethyl adjacent to an activating group) is 2. The molecule has 4 N–H and O–H groups in total. The number of nitrogens with two attached hydrogens (primary N) is 1. The van der Waals surface area contributed by atoms with Gasteiger partial charge >= 0.3 is 6.09 Å². The van der Waals surface area contributed by atoms with Crippen molar-refractivity contribution in [3.63, 3.8) is 0 Å². The summed E-state index contributed by atoms with van der Waals surface area (Å²) in [6, 6.07) is 6.64. The molecule has 1 saturated heterocycles. The van der Waals surface area contributed by atoms with Crippen molar-refractivity contribution in [2.75, 3.05) is 69.1 Å². The number of benzene rings is 1. The number of amides is 5. The van der Waals surface area contributed by atoms with E-state index in [1.807, 2.05) is 90.9 Å². The lowest BCUT2D eigenvalue weighted by Crippen LogP contribution is -2.59. The average Bonchev–Trinajstić information content (AvgIpc) is 3.70. The maximum atomic E-state index is 14.4. The molecule has 2 rings (SSSR count). The molecule has 1 fully saturated rings. The number of carbonyl (C=O) groups excluding carboxylic acids is 5. The van der Waals surface area contributed by atoms with E-state index >= 15 is 0 Å². The third-order valence-electron chi connectivity index (χ3n) is 12.4. The molecule has 1 heterocycles. The van der Waals surface area contributed by atoms with Gasteiger partial charge in [-0.15, -0.1) is 0 Å². The summed E-state index contributed by atoms with van der Waals surface area (Å²) in [6.45, 7) is 17.0. The zero-order valence-corrected chi connectivity index (χ0v) is 40.6. The fourth-order valence-electron chi connectivity index (χ4n) is 8.79. The van der Waals surface area contributed by atoms with Crippen molar-refractivity contribution in [1.82, 2.24) is 35.2 Å². The number of hydrogen-bond donors (Lipinski definition) is 3. The summed E-state index contributed by atoms with van der Waals surface area (Å²) in [5.74, 6) is 3.95. The van der Waals surface area contributed by atoms with Crippen molar-refractivity contribution >= 4 is 29.7 Å². The summed E-state index contributed by atoms with van der Waals surface area (Å²) in [5, 5.41) is 7.68. The highest BCUT2D eigenvalue weighted by Crippen LogP contribution is 2.30. The largest absolute Gasteiger partial charge is 0.439 e. The van der Waals surface area contributed by atoms with Crippen molar-refractivity contribution in [3.8, 4) is 0 Å². The maximum Gasteiger partial charge on any atom is 0.410 e. The molecule has 1 aliphatic rings. The van der Waals surface area contributed by atoms with Gasteiger partial charge in [-0.3, -0.25) is 34.9 Å². The Balaban J connectivity index is 2.28. The molecule has 0 bridgehead atoms. The van der Waals surface area contributed by atoms with Gasteiger partial charge in [-0.05, 0) is 63.6 Å². The smallest absolute Gasteiger partial charge is 0.410 e. The average molecular weight is 875 g/mol. The summed E-state index contributed by atoms with van der Waals surface area (Å²) in [6.07, 6.45) is 0.173. The van der Waals surface area contributed by atoms with E-state index in [1.54, 1.807) is 64.0 Å². The predicted molar refractivity (Wildman–Crippen MR) is 243 cm³/mol. The van der Waals surface area contributed by atoms with Crippen LogP contribution >= 0.6 is 0 Å². The lowest BCUT2D eigenvalue weighted by atomic mass is 9.89. The minimum absolute atomic E-state index is 0.00389. The number of hydrazine groups is 1. The Bertz CT molecular complexity index is 1540. The van der Waals surface area contributed by atoms with Crippen LogP contribution in [-0.4, -0.2) is 166 Å². The molecule has 0 saturated carbocycles. The Hall–Kier alpha value is -3.83. The highest BCUT2D eigenvalue weighted by atomic mass is 16.6. The predicted octanol–water partition coefficient (Wildman–Crippen LogP) is 4.14. The van der Waals surface area contributed by atoms with Crippen LogP contribution in [0.2, 0.25) is 0 Å². The number of likely N-dealkylation sites (tertiary alicyclic amines) is 1. The molecule has 16 nitrogen and oxygen atoms in total. The molecule has 0 radical (unpaired) electrons. The fourth-order valence-corrected chi connectivity index (χ4v) is 8.79. The van der Waals surface area contributed by atoms with Crippen molar-refractivity contribution in [2.24, 2.45) is 29.5 Å². The molecule has 62 heavy (non-hydrogen) atoms. The number of ether oxygens (including phenoxy) is 3. The van der Waals surface area contributed by atoms with Crippen LogP contribution in [0.15, 0.2) is 30.3 Å². The van der Waals surface area contributed by atoms with Crippen LogP contribution in [0.4, 0.5) is 4.79 Å². The Kier molecular flexibility index (Phi) is 22.8. The molecule has 5 amide bonds. The van der Waals surface area contributed by atoms with Crippen molar-refractivity contribution < 1.29 is 38.2 Å². The molecule has 0 spiro atoms. The standard InChI is InChI=1S/C46H82N8O8/c1-16-31(6)40(53(13)45(58)38(29(2)3)49-44(57)39(30(4)5)50(9)10)36(60-14)28-37(55)54-27-20-24-35(54)41(61-15)32(7)43(56)48-33(8)42(34-22-18-17-19-23-34)62-46(59)51(11)25-21-26-52(12)47/h17-19,22-23,29-33,35-36,38-42H,16,20-21,24-28,47H2,1-15H3,(H,48,56)(H,49,57)/t31-,32+,33+,35-,36?,38-,39-,40-,41+,42+/m0/s1. The lowest BCUT2D eigenvalue weighted by Gasteiger charge is -2.41. The monoisotopic (exact) mass is 875 g/mol. The zero-order chi connectivity index (χ0) is 47.0. The van der Waals surface area contributed by atoms with Gasteiger partial charge in [0.15, 0.2) is 0 Å². The van der Waals surface area contributed by atoms with Crippen molar-refractivity contribution in [1.29, 1.82) is 0 Å². The number of carbonyl (C=O) groups is 5. The van der Waals surface area contributed by atoms with Gasteiger partial charge in [0.1, 0.15) is 12.1 Å². The molecule has 0 aromatic heterocycles. The molecule has 1 aromatic rings. The van der Waals surface area contributed by atoms with Gasteiger partial charge in [0, 0.05) is 55.0 Å². The number of rotatable bonds is 25. The first-order chi connectivity index (χ1) is 29.1. The van der Waals surface area contributed by atoms with Crippen LogP contribution in [0.25, 0.3) is 0 Å². The van der Waals surface area contributed by atoms with Crippen LogP contribution in [0.3, 0.4) is 0 Å². The van der Waals surface area contributed by atoms with Gasteiger partial charge in [-0.1, -0.05) is 85.2 Å². The van der Waals surface area contributed by atoms with Gasteiger partial charge in [-0.25, -0.2) is 4.79 Å². The van der Waals surface area contributed by atoms with E-state index in [0.717, 1.165) is 18.4 Å². The number of nitrogens with zero attached hydrogens (tertiary/aromatic N) is 5. The number of nitrogens with one attached hydrogen (secondary N) is 2. The molecular weight excluding hydrogens is 793 g/mol. The number of hydrogen-bond acceptors (Lipinski definition) is 11. The molecule has 0 aliphatic carbocycles. The Morgan fingerprint density at radius 1 is 0.855 bits per heavy atom. The van der Waals surface area contributed by atoms with Crippen LogP contribution in [0, 0.1) is 23.7 Å².